The minimum atomic E-state index is -1.45. The minimum Gasteiger partial charge on any atom is -0.478 e. The van der Waals surface area contributed by atoms with Gasteiger partial charge in [0.2, 0.25) is 0 Å². The second-order valence-electron chi connectivity index (χ2n) is 4.13. The third-order valence-corrected chi connectivity index (χ3v) is 2.67. The van der Waals surface area contributed by atoms with Crippen LogP contribution >= 0.6 is 0 Å². The van der Waals surface area contributed by atoms with Gasteiger partial charge in [-0.25, -0.2) is 14.0 Å². The first kappa shape index (κ1) is 16.6. The lowest BCUT2D eigenvalue weighted by Gasteiger charge is -2.21. The van der Waals surface area contributed by atoms with Crippen LogP contribution in [-0.2, 0) is 4.74 Å². The molecular weight excluding hydrogens is 279 g/mol. The number of rotatable bonds is 7. The van der Waals surface area contributed by atoms with Gasteiger partial charge in [-0.2, -0.15) is 0 Å². The molecular formula is C14H17FN2O4. The number of halogens is 1. The Morgan fingerprint density at radius 1 is 1.52 bits per heavy atom. The summed E-state index contributed by atoms with van der Waals surface area (Å²) in [4.78, 5) is 24.5. The van der Waals surface area contributed by atoms with E-state index >= 15 is 0 Å². The van der Waals surface area contributed by atoms with Gasteiger partial charge in [-0.05, 0) is 12.1 Å². The molecule has 2 amide bonds. The van der Waals surface area contributed by atoms with E-state index in [0.29, 0.717) is 13.2 Å². The summed E-state index contributed by atoms with van der Waals surface area (Å²) in [6, 6.07) is 3.11. The molecule has 0 fully saturated rings. The predicted octanol–water partition coefficient (Wildman–Crippen LogP) is 2.19. The van der Waals surface area contributed by atoms with Crippen LogP contribution in [0.25, 0.3) is 0 Å². The highest BCUT2D eigenvalue weighted by Crippen LogP contribution is 2.19. The van der Waals surface area contributed by atoms with Gasteiger partial charge in [0.1, 0.15) is 11.4 Å². The molecule has 0 saturated carbocycles. The summed E-state index contributed by atoms with van der Waals surface area (Å²) in [7, 11) is 1.50. The first-order chi connectivity index (χ1) is 10.0. The van der Waals surface area contributed by atoms with Gasteiger partial charge < -0.3 is 20.1 Å². The number of carbonyl (C=O) groups is 2. The molecule has 0 bridgehead atoms. The first-order valence-corrected chi connectivity index (χ1v) is 6.18. The highest BCUT2D eigenvalue weighted by Gasteiger charge is 2.19. The molecule has 1 aromatic rings. The van der Waals surface area contributed by atoms with Crippen molar-refractivity contribution >= 4 is 17.7 Å². The van der Waals surface area contributed by atoms with Crippen molar-refractivity contribution in [1.82, 2.24) is 4.90 Å². The number of hydrogen-bond donors (Lipinski definition) is 2. The Hall–Kier alpha value is -2.41. The molecule has 0 aliphatic carbocycles. The second kappa shape index (κ2) is 8.01. The van der Waals surface area contributed by atoms with Crippen molar-refractivity contribution < 1.29 is 23.8 Å². The molecule has 7 heteroatoms. The van der Waals surface area contributed by atoms with E-state index in [1.54, 1.807) is 0 Å². The van der Waals surface area contributed by atoms with Gasteiger partial charge in [0.15, 0.2) is 0 Å². The molecule has 0 unspecified atom stereocenters. The lowest BCUT2D eigenvalue weighted by atomic mass is 10.1. The van der Waals surface area contributed by atoms with Gasteiger partial charge in [-0.15, -0.1) is 6.58 Å². The summed E-state index contributed by atoms with van der Waals surface area (Å²) in [5.41, 5.74) is -0.671. The van der Waals surface area contributed by atoms with E-state index in [1.807, 2.05) is 0 Å². The van der Waals surface area contributed by atoms with E-state index in [1.165, 1.54) is 30.2 Å². The number of benzene rings is 1. The average Bonchev–Trinajstić information content (AvgIpc) is 2.43. The van der Waals surface area contributed by atoms with Gasteiger partial charge in [-0.3, -0.25) is 0 Å². The predicted molar refractivity (Wildman–Crippen MR) is 76.0 cm³/mol. The number of methoxy groups -OCH3 is 1. The minimum absolute atomic E-state index is 0.0982. The Labute approximate surface area is 121 Å². The number of nitrogens with zero attached hydrogens (tertiary/aromatic N) is 1. The van der Waals surface area contributed by atoms with Crippen molar-refractivity contribution in [3.8, 4) is 0 Å². The molecule has 0 radical (unpaired) electrons. The fourth-order valence-corrected chi connectivity index (χ4v) is 1.67. The summed E-state index contributed by atoms with van der Waals surface area (Å²) < 4.78 is 18.4. The van der Waals surface area contributed by atoms with Crippen LogP contribution in [0, 0.1) is 5.82 Å². The maximum absolute atomic E-state index is 13.5. The summed E-state index contributed by atoms with van der Waals surface area (Å²) in [6.07, 6.45) is 1.53. The zero-order chi connectivity index (χ0) is 15.8. The third kappa shape index (κ3) is 4.57. The number of ether oxygens (including phenoxy) is 1. The molecule has 114 valence electrons. The summed E-state index contributed by atoms with van der Waals surface area (Å²) in [5, 5.41) is 11.4. The van der Waals surface area contributed by atoms with Gasteiger partial charge in [0.05, 0.1) is 12.3 Å². The van der Waals surface area contributed by atoms with E-state index in [-0.39, 0.29) is 12.2 Å². The van der Waals surface area contributed by atoms with Gasteiger partial charge in [0, 0.05) is 20.2 Å². The standard InChI is InChI=1S/C14H17FN2O4/c1-3-7-17(8-9-21-2)14(20)16-11-6-4-5-10(15)12(11)13(18)19/h3-6H,1,7-9H2,2H3,(H,16,20)(H,18,19). The van der Waals surface area contributed by atoms with Crippen molar-refractivity contribution in [2.75, 3.05) is 32.1 Å². The molecule has 21 heavy (non-hydrogen) atoms. The maximum Gasteiger partial charge on any atom is 0.340 e. The third-order valence-electron chi connectivity index (χ3n) is 2.67. The zero-order valence-electron chi connectivity index (χ0n) is 11.6. The second-order valence-corrected chi connectivity index (χ2v) is 4.13. The number of nitrogens with one attached hydrogen (secondary N) is 1. The van der Waals surface area contributed by atoms with Crippen molar-refractivity contribution in [2.45, 2.75) is 0 Å². The maximum atomic E-state index is 13.5. The Kier molecular flexibility index (Phi) is 6.35. The zero-order valence-corrected chi connectivity index (χ0v) is 11.6. The number of carbonyl (C=O) groups excluding carboxylic acids is 1. The van der Waals surface area contributed by atoms with Gasteiger partial charge in [-0.1, -0.05) is 12.1 Å². The lowest BCUT2D eigenvalue weighted by Crippen LogP contribution is -2.37. The summed E-state index contributed by atoms with van der Waals surface area (Å²) in [5.74, 6) is -2.36. The summed E-state index contributed by atoms with van der Waals surface area (Å²) >= 11 is 0. The fourth-order valence-electron chi connectivity index (χ4n) is 1.67. The quantitative estimate of drug-likeness (QED) is 0.756. The Morgan fingerprint density at radius 3 is 2.81 bits per heavy atom. The molecule has 0 aromatic heterocycles. The van der Waals surface area contributed by atoms with E-state index < -0.39 is 23.4 Å². The molecule has 6 nitrogen and oxygen atoms in total. The van der Waals surface area contributed by atoms with Gasteiger partial charge >= 0.3 is 12.0 Å². The average molecular weight is 296 g/mol. The number of urea groups is 1. The van der Waals surface area contributed by atoms with Crippen molar-refractivity contribution in [3.63, 3.8) is 0 Å². The van der Waals surface area contributed by atoms with E-state index in [2.05, 4.69) is 11.9 Å². The number of amides is 2. The molecule has 1 rings (SSSR count). The van der Waals surface area contributed by atoms with Crippen LogP contribution in [0.1, 0.15) is 10.4 Å². The van der Waals surface area contributed by atoms with Crippen LogP contribution in [-0.4, -0.2) is 48.8 Å². The molecule has 0 saturated heterocycles. The smallest absolute Gasteiger partial charge is 0.340 e. The molecule has 0 aliphatic rings. The molecule has 1 aromatic carbocycles. The Balaban J connectivity index is 2.93. The van der Waals surface area contributed by atoms with Crippen LogP contribution in [0.2, 0.25) is 0 Å². The normalized spacial score (nSPS) is 10.0. The van der Waals surface area contributed by atoms with Crippen LogP contribution in [0.5, 0.6) is 0 Å². The van der Waals surface area contributed by atoms with E-state index in [0.717, 1.165) is 6.07 Å². The molecule has 0 aliphatic heterocycles. The monoisotopic (exact) mass is 296 g/mol. The number of anilines is 1. The molecule has 0 atom stereocenters. The SMILES string of the molecule is C=CCN(CCOC)C(=O)Nc1cccc(F)c1C(=O)O. The highest BCUT2D eigenvalue weighted by atomic mass is 19.1. The number of carboxylic acid groups (broad SMARTS) is 1. The Morgan fingerprint density at radius 2 is 2.24 bits per heavy atom. The molecule has 0 heterocycles. The summed E-state index contributed by atoms with van der Waals surface area (Å²) in [6.45, 7) is 4.41. The Bertz CT molecular complexity index is 534. The van der Waals surface area contributed by atoms with Gasteiger partial charge in [0.25, 0.3) is 0 Å². The van der Waals surface area contributed by atoms with Crippen molar-refractivity contribution in [3.05, 3.63) is 42.2 Å². The highest BCUT2D eigenvalue weighted by molar-refractivity contribution is 6.00. The molecule has 2 N–H and O–H groups in total. The first-order valence-electron chi connectivity index (χ1n) is 6.18. The van der Waals surface area contributed by atoms with E-state index in [4.69, 9.17) is 9.84 Å². The van der Waals surface area contributed by atoms with Crippen LogP contribution < -0.4 is 5.32 Å². The van der Waals surface area contributed by atoms with Crippen molar-refractivity contribution in [2.24, 2.45) is 0 Å². The lowest BCUT2D eigenvalue weighted by molar-refractivity contribution is 0.0693. The largest absolute Gasteiger partial charge is 0.478 e. The van der Waals surface area contributed by atoms with Crippen molar-refractivity contribution in [1.29, 1.82) is 0 Å². The fraction of sp³-hybridized carbons (Fsp3) is 0.286. The van der Waals surface area contributed by atoms with Crippen LogP contribution in [0.4, 0.5) is 14.9 Å². The number of carboxylic acids is 1. The molecule has 0 spiro atoms. The van der Waals surface area contributed by atoms with Crippen LogP contribution in [0.3, 0.4) is 0 Å². The van der Waals surface area contributed by atoms with E-state index in [9.17, 15) is 14.0 Å². The number of aromatic carboxylic acids is 1. The topological polar surface area (TPSA) is 78.9 Å². The number of hydrogen-bond acceptors (Lipinski definition) is 3. The van der Waals surface area contributed by atoms with Crippen LogP contribution in [0.15, 0.2) is 30.9 Å².